The van der Waals surface area contributed by atoms with E-state index in [4.69, 9.17) is 5.73 Å². The van der Waals surface area contributed by atoms with Crippen LogP contribution in [0.15, 0.2) is 42.6 Å². The molecule has 2 atom stereocenters. The minimum atomic E-state index is -0.689. The molecule has 2 saturated heterocycles. The fraction of sp³-hybridized carbons (Fsp3) is 0.435. The van der Waals surface area contributed by atoms with E-state index in [9.17, 15) is 14.8 Å². The quantitative estimate of drug-likeness (QED) is 0.577. The van der Waals surface area contributed by atoms with Gasteiger partial charge in [0.05, 0.1) is 5.56 Å². The minimum Gasteiger partial charge on any atom is -0.618 e. The lowest BCUT2D eigenvalue weighted by molar-refractivity contribution is -0.612. The highest BCUT2D eigenvalue weighted by Gasteiger charge is 2.42. The van der Waals surface area contributed by atoms with Crippen molar-refractivity contribution >= 4 is 11.8 Å². The van der Waals surface area contributed by atoms with E-state index in [1.807, 2.05) is 6.07 Å². The maximum absolute atomic E-state index is 13.1. The number of fused-ring (bicyclic) bond motifs is 1. The summed E-state index contributed by atoms with van der Waals surface area (Å²) < 4.78 is 0.616. The second-order valence-electron chi connectivity index (χ2n) is 8.46. The van der Waals surface area contributed by atoms with Gasteiger partial charge >= 0.3 is 0 Å². The van der Waals surface area contributed by atoms with Gasteiger partial charge < -0.3 is 20.7 Å². The van der Waals surface area contributed by atoms with Crippen LogP contribution in [-0.4, -0.2) is 54.3 Å². The number of hydrogen-bond acceptors (Lipinski definition) is 4. The molecule has 3 heterocycles. The zero-order valence-corrected chi connectivity index (χ0v) is 17.3. The van der Waals surface area contributed by atoms with Crippen molar-refractivity contribution in [2.24, 2.45) is 17.6 Å². The van der Waals surface area contributed by atoms with Gasteiger partial charge in [0.15, 0.2) is 6.20 Å². The second kappa shape index (κ2) is 8.44. The third-order valence-electron chi connectivity index (χ3n) is 6.45. The highest BCUT2D eigenvalue weighted by molar-refractivity contribution is 6.07. The van der Waals surface area contributed by atoms with Gasteiger partial charge in [-0.15, -0.1) is 0 Å². The number of amides is 2. The second-order valence-corrected chi connectivity index (χ2v) is 8.46. The summed E-state index contributed by atoms with van der Waals surface area (Å²) in [7, 11) is 0. The third-order valence-corrected chi connectivity index (χ3v) is 6.45. The van der Waals surface area contributed by atoms with Crippen molar-refractivity contribution < 1.29 is 14.3 Å². The molecule has 0 aliphatic carbocycles. The lowest BCUT2D eigenvalue weighted by atomic mass is 10.0. The first-order valence-electron chi connectivity index (χ1n) is 10.5. The van der Waals surface area contributed by atoms with Crippen LogP contribution in [0.25, 0.3) is 0 Å². The summed E-state index contributed by atoms with van der Waals surface area (Å²) in [6.07, 6.45) is 3.43. The Bertz CT molecular complexity index is 933. The van der Waals surface area contributed by atoms with E-state index in [1.165, 1.54) is 17.8 Å². The Hall–Kier alpha value is -2.93. The number of carbonyl (C=O) groups is 2. The number of hydrogen-bond donors (Lipinski definition) is 1. The van der Waals surface area contributed by atoms with E-state index in [0.29, 0.717) is 29.7 Å². The van der Waals surface area contributed by atoms with Crippen LogP contribution in [0.5, 0.6) is 0 Å². The molecule has 2 aromatic rings. The summed E-state index contributed by atoms with van der Waals surface area (Å²) in [5.41, 5.74) is 7.28. The number of aryl methyl sites for hydroxylation is 1. The molecule has 2 fully saturated rings. The Balaban J connectivity index is 1.35. The van der Waals surface area contributed by atoms with Crippen LogP contribution < -0.4 is 10.5 Å². The van der Waals surface area contributed by atoms with Gasteiger partial charge in [0.25, 0.3) is 5.91 Å². The first kappa shape index (κ1) is 20.3. The number of rotatable bonds is 6. The summed E-state index contributed by atoms with van der Waals surface area (Å²) in [5.74, 6) is -0.0836. The van der Waals surface area contributed by atoms with E-state index in [1.54, 1.807) is 11.8 Å². The predicted molar refractivity (Wildman–Crippen MR) is 113 cm³/mol. The van der Waals surface area contributed by atoms with Crippen molar-refractivity contribution in [3.63, 3.8) is 0 Å². The van der Waals surface area contributed by atoms with Gasteiger partial charge in [-0.25, -0.2) is 0 Å². The molecule has 158 valence electrons. The normalized spacial score (nSPS) is 21.0. The fourth-order valence-corrected chi connectivity index (χ4v) is 4.87. The number of nitrogens with two attached hydrogens (primary N) is 1. The highest BCUT2D eigenvalue weighted by Crippen LogP contribution is 2.32. The van der Waals surface area contributed by atoms with Gasteiger partial charge in [-0.3, -0.25) is 9.59 Å². The highest BCUT2D eigenvalue weighted by atomic mass is 16.5. The smallest absolute Gasteiger partial charge is 0.261 e. The summed E-state index contributed by atoms with van der Waals surface area (Å²) >= 11 is 0. The molecule has 7 heteroatoms. The molecule has 2 aliphatic rings. The van der Waals surface area contributed by atoms with Crippen LogP contribution in [0.3, 0.4) is 0 Å². The Kier molecular flexibility index (Phi) is 5.72. The van der Waals surface area contributed by atoms with Crippen molar-refractivity contribution in [2.75, 3.05) is 32.7 Å². The molecule has 1 aromatic carbocycles. The molecule has 0 bridgehead atoms. The summed E-state index contributed by atoms with van der Waals surface area (Å²) in [4.78, 5) is 29.2. The van der Waals surface area contributed by atoms with Crippen molar-refractivity contribution in [3.8, 4) is 0 Å². The van der Waals surface area contributed by atoms with Crippen molar-refractivity contribution in [1.82, 2.24) is 9.80 Å². The van der Waals surface area contributed by atoms with Crippen molar-refractivity contribution in [2.45, 2.75) is 19.8 Å². The molecule has 30 heavy (non-hydrogen) atoms. The largest absolute Gasteiger partial charge is 0.618 e. The van der Waals surface area contributed by atoms with Crippen molar-refractivity contribution in [1.29, 1.82) is 0 Å². The number of pyridine rings is 1. The van der Waals surface area contributed by atoms with Gasteiger partial charge in [0, 0.05) is 39.2 Å². The number of carbonyl (C=O) groups excluding carboxylic acids is 2. The molecule has 2 amide bonds. The molecule has 1 aromatic heterocycles. The lowest BCUT2D eigenvalue weighted by Gasteiger charge is -2.22. The van der Waals surface area contributed by atoms with E-state index < -0.39 is 5.91 Å². The Morgan fingerprint density at radius 2 is 1.77 bits per heavy atom. The predicted octanol–water partition coefficient (Wildman–Crippen LogP) is 1.36. The van der Waals surface area contributed by atoms with E-state index >= 15 is 0 Å². The summed E-state index contributed by atoms with van der Waals surface area (Å²) in [6, 6.07) is 11.9. The first-order valence-corrected chi connectivity index (χ1v) is 10.5. The fourth-order valence-electron chi connectivity index (χ4n) is 4.87. The average Bonchev–Trinajstić information content (AvgIpc) is 3.29. The number of nitrogens with zero attached hydrogens (tertiary/aromatic N) is 3. The standard InChI is InChI=1S/C23H28N4O3/c1-16-21(20(22(24)28)9-11-27(16)30)23(29)26-14-18-12-25(13-19(18)15-26)10-5-8-17-6-3-2-4-7-17/h2-4,6-7,9,11,18-19H,5,8,10,12-15H2,1H3,(H2,24,28)/t18-,19?/m0/s1. The maximum Gasteiger partial charge on any atom is 0.261 e. The molecule has 0 radical (unpaired) electrons. The number of primary amides is 1. The molecular formula is C23H28N4O3. The Morgan fingerprint density at radius 1 is 1.10 bits per heavy atom. The summed E-state index contributed by atoms with van der Waals surface area (Å²) in [5, 5.41) is 12.0. The SMILES string of the molecule is Cc1c(C(=O)N2CC3CN(CCCc4ccccc4)C[C@H]3C2)c(C(N)=O)cc[n+]1[O-]. The number of benzene rings is 1. The van der Waals surface area contributed by atoms with Gasteiger partial charge in [-0.05, 0) is 36.8 Å². The number of aromatic nitrogens is 1. The van der Waals surface area contributed by atoms with E-state index in [0.717, 1.165) is 32.5 Å². The molecule has 0 spiro atoms. The zero-order chi connectivity index (χ0) is 21.3. The summed E-state index contributed by atoms with van der Waals surface area (Å²) in [6.45, 7) is 5.91. The lowest BCUT2D eigenvalue weighted by Crippen LogP contribution is -2.39. The van der Waals surface area contributed by atoms with Crippen LogP contribution in [-0.2, 0) is 6.42 Å². The monoisotopic (exact) mass is 408 g/mol. The van der Waals surface area contributed by atoms with Crippen LogP contribution in [0.2, 0.25) is 0 Å². The average molecular weight is 409 g/mol. The van der Waals surface area contributed by atoms with Gasteiger partial charge in [-0.1, -0.05) is 30.3 Å². The maximum atomic E-state index is 13.1. The van der Waals surface area contributed by atoms with E-state index in [-0.39, 0.29) is 22.7 Å². The van der Waals surface area contributed by atoms with Gasteiger partial charge in [0.1, 0.15) is 5.56 Å². The van der Waals surface area contributed by atoms with Gasteiger partial charge in [-0.2, -0.15) is 4.73 Å². The van der Waals surface area contributed by atoms with Crippen LogP contribution >= 0.6 is 0 Å². The van der Waals surface area contributed by atoms with Crippen LogP contribution in [0.1, 0.15) is 38.4 Å². The minimum absolute atomic E-state index is 0.115. The Labute approximate surface area is 176 Å². The van der Waals surface area contributed by atoms with Gasteiger partial charge in [0.2, 0.25) is 11.6 Å². The van der Waals surface area contributed by atoms with Crippen LogP contribution in [0, 0.1) is 24.0 Å². The molecule has 2 aliphatic heterocycles. The zero-order valence-electron chi connectivity index (χ0n) is 17.3. The molecule has 7 nitrogen and oxygen atoms in total. The molecule has 0 saturated carbocycles. The van der Waals surface area contributed by atoms with E-state index in [2.05, 4.69) is 29.2 Å². The third kappa shape index (κ3) is 4.03. The molecule has 2 N–H and O–H groups in total. The topological polar surface area (TPSA) is 93.6 Å². The molecule has 4 rings (SSSR count). The van der Waals surface area contributed by atoms with Crippen molar-refractivity contribution in [3.05, 3.63) is 70.2 Å². The Morgan fingerprint density at radius 3 is 2.40 bits per heavy atom. The van der Waals surface area contributed by atoms with Crippen LogP contribution in [0.4, 0.5) is 0 Å². The molecular weight excluding hydrogens is 380 g/mol. The first-order chi connectivity index (χ1) is 14.4. The number of likely N-dealkylation sites (tertiary alicyclic amines) is 2. The molecule has 1 unspecified atom stereocenters.